The van der Waals surface area contributed by atoms with Crippen LogP contribution in [-0.2, 0) is 51.7 Å². The van der Waals surface area contributed by atoms with Crippen molar-refractivity contribution < 1.29 is 71.1 Å². The van der Waals surface area contributed by atoms with Gasteiger partial charge in [0, 0.05) is 42.7 Å². The lowest BCUT2D eigenvalue weighted by Crippen LogP contribution is -2.82. The molecule has 11 atom stereocenters. The van der Waals surface area contributed by atoms with E-state index in [4.69, 9.17) is 37.3 Å². The van der Waals surface area contributed by atoms with Crippen LogP contribution >= 0.6 is 0 Å². The lowest BCUT2D eigenvalue weighted by atomic mass is 9.44. The number of benzene rings is 3. The number of Topliss-reactive ketones (excluding diaryl/α,β-unsaturated/α-hetero) is 1. The number of esters is 4. The summed E-state index contributed by atoms with van der Waals surface area (Å²) in [4.78, 5) is 92.0. The van der Waals surface area contributed by atoms with Gasteiger partial charge in [0.05, 0.1) is 35.6 Å². The molecule has 8 rings (SSSR count). The maximum atomic E-state index is 17.0. The van der Waals surface area contributed by atoms with Gasteiger partial charge in [0.1, 0.15) is 36.3 Å². The van der Waals surface area contributed by atoms with Crippen LogP contribution in [-0.4, -0.2) is 118 Å². The molecule has 2 aliphatic heterocycles. The van der Waals surface area contributed by atoms with Gasteiger partial charge in [-0.05, 0) is 103 Å². The monoisotopic (exact) mass is 1210 g/mol. The van der Waals surface area contributed by atoms with E-state index in [1.54, 1.807) is 113 Å². The molecule has 3 aliphatic carbocycles. The number of amides is 1. The highest BCUT2D eigenvalue weighted by atomic mass is 28.4. The van der Waals surface area contributed by atoms with Crippen LogP contribution in [0.4, 0.5) is 0 Å². The normalized spacial score (nSPS) is 30.3. The Morgan fingerprint density at radius 3 is 1.96 bits per heavy atom. The molecule has 85 heavy (non-hydrogen) atoms. The fourth-order valence-corrected chi connectivity index (χ4v) is 23.7. The van der Waals surface area contributed by atoms with Crippen molar-refractivity contribution in [3.05, 3.63) is 125 Å². The third kappa shape index (κ3) is 11.9. The summed E-state index contributed by atoms with van der Waals surface area (Å²) in [6.07, 6.45) is -4.36. The molecular weight excluding hydrogens is 1110 g/mol. The van der Waals surface area contributed by atoms with Crippen molar-refractivity contribution in [2.45, 2.75) is 218 Å². The van der Waals surface area contributed by atoms with Gasteiger partial charge in [-0.1, -0.05) is 143 Å². The minimum absolute atomic E-state index is 0.0557. The maximum absolute atomic E-state index is 17.0. The molecule has 3 aromatic carbocycles. The van der Waals surface area contributed by atoms with E-state index in [0.717, 1.165) is 0 Å². The van der Waals surface area contributed by atoms with E-state index >= 15 is 14.4 Å². The first-order chi connectivity index (χ1) is 40.2. The van der Waals surface area contributed by atoms with Gasteiger partial charge >= 0.3 is 23.9 Å². The van der Waals surface area contributed by atoms with Crippen LogP contribution in [0.1, 0.15) is 161 Å². The maximum Gasteiger partial charge on any atom is 0.338 e. The zero-order valence-electron chi connectivity index (χ0n) is 52.3. The summed E-state index contributed by atoms with van der Waals surface area (Å²) in [7, 11) is -5.87. The number of carbonyl (C=O) groups is 6. The van der Waals surface area contributed by atoms with Crippen LogP contribution in [0.3, 0.4) is 0 Å². The van der Waals surface area contributed by atoms with Gasteiger partial charge in [-0.3, -0.25) is 19.2 Å². The highest BCUT2D eigenvalue weighted by Gasteiger charge is 2.79. The molecule has 0 unspecified atom stereocenters. The molecule has 0 aromatic heterocycles. The molecule has 3 aromatic rings. The molecule has 1 amide bonds. The molecule has 18 heteroatoms. The SMILES string of the molecule is CC[Si](CC)(CC)O[C@H]1C[C@H]2OC[C@]23OC(=O)CCC/C=C/COc2ccccc2[C@H](NC(=O)c2ccccc2)[C@@H](O[Si](C(C)C)(C(C)C)C(C)C)C(=O)O[C@H]2C[C@@]4(O)[C@@H](OC(=O)c5ccccc5)[C@H]3[C@]1(C)C(=O)[C@H](OC(C)=O)C(=C2C)C4(C)C. The van der Waals surface area contributed by atoms with Crippen LogP contribution < -0.4 is 10.1 Å². The Balaban J connectivity index is 1.45. The molecule has 0 radical (unpaired) electrons. The Labute approximate surface area is 504 Å². The summed E-state index contributed by atoms with van der Waals surface area (Å²) in [6.45, 7) is 26.6. The fraction of sp³-hybridized carbons (Fsp3) is 0.582. The van der Waals surface area contributed by atoms with E-state index in [-0.39, 0.29) is 53.8 Å². The number of hydrogen-bond acceptors (Lipinski definition) is 15. The average molecular weight is 1210 g/mol. The molecule has 2 N–H and O–H groups in total. The second-order valence-corrected chi connectivity index (χ2v) is 35.9. The van der Waals surface area contributed by atoms with E-state index in [1.165, 1.54) is 6.92 Å². The third-order valence-corrected chi connectivity index (χ3v) is 30.8. The van der Waals surface area contributed by atoms with E-state index < -0.39 is 129 Å². The first-order valence-electron chi connectivity index (χ1n) is 30.8. The lowest BCUT2D eigenvalue weighted by Gasteiger charge is -2.68. The number of carbonyl (C=O) groups excluding carboxylic acids is 6. The molecule has 4 bridgehead atoms. The molecule has 1 saturated heterocycles. The van der Waals surface area contributed by atoms with Gasteiger partial charge in [0.15, 0.2) is 31.9 Å². The molecule has 5 aliphatic rings. The predicted octanol–water partition coefficient (Wildman–Crippen LogP) is 12.1. The first-order valence-corrected chi connectivity index (χ1v) is 35.4. The number of fused-ring (bicyclic) bond motifs is 3. The zero-order valence-corrected chi connectivity index (χ0v) is 54.3. The Morgan fingerprint density at radius 2 is 1.39 bits per heavy atom. The molecule has 462 valence electrons. The van der Waals surface area contributed by atoms with Gasteiger partial charge in [0.2, 0.25) is 8.32 Å². The Kier molecular flexibility index (Phi) is 19.9. The Morgan fingerprint density at radius 1 is 0.788 bits per heavy atom. The van der Waals surface area contributed by atoms with Crippen molar-refractivity contribution in [2.24, 2.45) is 16.7 Å². The number of para-hydroxylation sites is 1. The van der Waals surface area contributed by atoms with Crippen molar-refractivity contribution >= 4 is 52.2 Å². The van der Waals surface area contributed by atoms with Crippen molar-refractivity contribution in [1.29, 1.82) is 0 Å². The van der Waals surface area contributed by atoms with Gasteiger partial charge in [-0.15, -0.1) is 0 Å². The molecule has 16 nitrogen and oxygen atoms in total. The number of aliphatic hydroxyl groups is 1. The fourth-order valence-electron chi connectivity index (χ4n) is 15.2. The molecular formula is C67H91NO15Si2. The lowest BCUT2D eigenvalue weighted by molar-refractivity contribution is -0.345. The molecule has 1 spiro atoms. The summed E-state index contributed by atoms with van der Waals surface area (Å²) < 4.78 is 55.3. The summed E-state index contributed by atoms with van der Waals surface area (Å²) in [5, 5.41) is 18.0. The van der Waals surface area contributed by atoms with E-state index in [0.29, 0.717) is 53.4 Å². The standard InChI is InChI=1S/C67H91NO15Si2/c1-15-84(16-2,17-3)82-51-38-52-66(40-77-52)58-60(80-62(73)47-32-24-21-25-33-47)67(75)39-50(44(10)54(64(67,12)13)56(78-45(11)69)59(71)65(51,58)14)79-63(74)57(83-85(41(4)5,42(6)7)43(8)9)55(68-61(72)46-30-22-20-23-31-46)48-34-27-28-35-49(48)76-37-29-19-18-26-36-53(70)81-66/h19-25,27-35,41-43,50-52,55-58,60,75H,15-18,26,36-40H2,1-14H3,(H,68,72)/b29-19+/t50-,51-,52+,55-,56+,57+,58-,60-,65+,66-,67+/m0/s1. The minimum atomic E-state index is -3.16. The predicted molar refractivity (Wildman–Crippen MR) is 326 cm³/mol. The third-order valence-electron chi connectivity index (χ3n) is 20.1. The van der Waals surface area contributed by atoms with E-state index in [9.17, 15) is 19.5 Å². The number of nitrogens with one attached hydrogen (secondary N) is 1. The molecule has 3 fully saturated rings. The van der Waals surface area contributed by atoms with E-state index in [1.807, 2.05) is 12.2 Å². The van der Waals surface area contributed by atoms with Crippen molar-refractivity contribution in [2.75, 3.05) is 13.2 Å². The smallest absolute Gasteiger partial charge is 0.338 e. The van der Waals surface area contributed by atoms with Crippen LogP contribution in [0.15, 0.2) is 108 Å². The quantitative estimate of drug-likeness (QED) is 0.0628. The van der Waals surface area contributed by atoms with Gasteiger partial charge in [0.25, 0.3) is 5.91 Å². The topological polar surface area (TPSA) is 209 Å². The molecule has 2 heterocycles. The number of hydrogen-bond donors (Lipinski definition) is 2. The van der Waals surface area contributed by atoms with Crippen molar-refractivity contribution in [3.8, 4) is 5.75 Å². The Bertz CT molecular complexity index is 2960. The van der Waals surface area contributed by atoms with Crippen LogP contribution in [0, 0.1) is 16.7 Å². The highest BCUT2D eigenvalue weighted by Crippen LogP contribution is 2.65. The zero-order chi connectivity index (χ0) is 62.0. The summed E-state index contributed by atoms with van der Waals surface area (Å²) in [5.74, 6) is -5.39. The average Bonchev–Trinajstić information content (AvgIpc) is 0.731. The van der Waals surface area contributed by atoms with Crippen molar-refractivity contribution in [3.63, 3.8) is 0 Å². The number of ether oxygens (including phenoxy) is 6. The van der Waals surface area contributed by atoms with Crippen LogP contribution in [0.5, 0.6) is 5.75 Å². The highest BCUT2D eigenvalue weighted by molar-refractivity contribution is 6.77. The van der Waals surface area contributed by atoms with Gasteiger partial charge in [-0.2, -0.15) is 0 Å². The van der Waals surface area contributed by atoms with Gasteiger partial charge in [-0.25, -0.2) is 9.59 Å². The summed E-state index contributed by atoms with van der Waals surface area (Å²) >= 11 is 0. The number of ketones is 1. The van der Waals surface area contributed by atoms with E-state index in [2.05, 4.69) is 67.6 Å². The molecule has 2 saturated carbocycles. The van der Waals surface area contributed by atoms with Crippen molar-refractivity contribution in [1.82, 2.24) is 5.32 Å². The summed E-state index contributed by atoms with van der Waals surface area (Å²) in [5.41, 5.74) is -6.54. The Hall–Kier alpha value is -5.77. The number of allylic oxidation sites excluding steroid dienone is 1. The van der Waals surface area contributed by atoms with Gasteiger partial charge < -0.3 is 47.7 Å². The second kappa shape index (κ2) is 25.9. The number of rotatable bonds is 15. The largest absolute Gasteiger partial charge is 0.489 e. The first kappa shape index (κ1) is 65.2. The van der Waals surface area contributed by atoms with Crippen LogP contribution in [0.2, 0.25) is 34.8 Å². The summed E-state index contributed by atoms with van der Waals surface area (Å²) in [6, 6.07) is 24.9. The second-order valence-electron chi connectivity index (χ2n) is 25.8. The van der Waals surface area contributed by atoms with Crippen LogP contribution in [0.25, 0.3) is 0 Å². The minimum Gasteiger partial charge on any atom is -0.489 e.